The largest absolute Gasteiger partial charge is 0.508 e. The molecule has 7 atom stereocenters. The molecule has 1 aromatic carbocycles. The molecule has 0 aliphatic heterocycles. The first kappa shape index (κ1) is 25.6. The van der Waals surface area contributed by atoms with Gasteiger partial charge in [-0.15, -0.1) is 0 Å². The van der Waals surface area contributed by atoms with Gasteiger partial charge in [0.25, 0.3) is 0 Å². The number of hydrogen-bond donors (Lipinski definition) is 1. The van der Waals surface area contributed by atoms with Crippen LogP contribution in [0, 0.1) is 29.1 Å². The van der Waals surface area contributed by atoms with Gasteiger partial charge in [-0.3, -0.25) is 4.79 Å². The first-order chi connectivity index (χ1) is 16.3. The Morgan fingerprint density at radius 3 is 2.47 bits per heavy atom. The standard InChI is InChI=1S/C31H48O3/c1-5-6-7-8-9-10-11-12-13-28(33)34-27-17-16-26-30-21(2)18-23-19-24(32)14-15-25(23)29(30)22(3)20-31(26,27)4/h14-15,19,21-22,26-27,29-30,32H,5-13,16-18,20H2,1-4H3. The normalized spacial score (nSPS) is 34.2. The van der Waals surface area contributed by atoms with Crippen LogP contribution >= 0.6 is 0 Å². The molecule has 0 radical (unpaired) electrons. The first-order valence-electron chi connectivity index (χ1n) is 14.4. The number of fused-ring (bicyclic) bond motifs is 5. The lowest BCUT2D eigenvalue weighted by molar-refractivity contribution is -0.159. The van der Waals surface area contributed by atoms with Crippen LogP contribution in [0.1, 0.15) is 122 Å². The summed E-state index contributed by atoms with van der Waals surface area (Å²) in [5, 5.41) is 10.0. The van der Waals surface area contributed by atoms with Crippen molar-refractivity contribution in [2.75, 3.05) is 0 Å². The molecule has 190 valence electrons. The van der Waals surface area contributed by atoms with Gasteiger partial charge in [-0.25, -0.2) is 0 Å². The summed E-state index contributed by atoms with van der Waals surface area (Å²) in [5.74, 6) is 3.40. The third-order valence-electron chi connectivity index (χ3n) is 9.77. The third kappa shape index (κ3) is 5.19. The highest BCUT2D eigenvalue weighted by atomic mass is 16.5. The Bertz CT molecular complexity index is 832. The van der Waals surface area contributed by atoms with Gasteiger partial charge in [0, 0.05) is 11.8 Å². The van der Waals surface area contributed by atoms with Gasteiger partial charge in [-0.05, 0) is 85.0 Å². The van der Waals surface area contributed by atoms with E-state index in [1.54, 1.807) is 0 Å². The minimum Gasteiger partial charge on any atom is -0.508 e. The molecule has 3 heteroatoms. The van der Waals surface area contributed by atoms with Crippen molar-refractivity contribution in [2.24, 2.45) is 29.1 Å². The summed E-state index contributed by atoms with van der Waals surface area (Å²) in [4.78, 5) is 12.8. The van der Waals surface area contributed by atoms with Crippen LogP contribution in [-0.4, -0.2) is 17.2 Å². The Balaban J connectivity index is 1.34. The molecule has 0 saturated heterocycles. The molecule has 2 saturated carbocycles. The van der Waals surface area contributed by atoms with Gasteiger partial charge in [0.05, 0.1) is 0 Å². The summed E-state index contributed by atoms with van der Waals surface area (Å²) in [5.41, 5.74) is 2.90. The molecule has 34 heavy (non-hydrogen) atoms. The second-order valence-corrected chi connectivity index (χ2v) is 12.2. The Kier molecular flexibility index (Phi) is 8.31. The van der Waals surface area contributed by atoms with Crippen LogP contribution in [0.5, 0.6) is 5.75 Å². The zero-order valence-corrected chi connectivity index (χ0v) is 22.2. The monoisotopic (exact) mass is 468 g/mol. The molecule has 3 aliphatic rings. The minimum absolute atomic E-state index is 0.0325. The van der Waals surface area contributed by atoms with E-state index in [1.165, 1.54) is 56.1 Å². The molecular weight excluding hydrogens is 420 g/mol. The number of carbonyl (C=O) groups is 1. The van der Waals surface area contributed by atoms with Crippen LogP contribution in [0.3, 0.4) is 0 Å². The van der Waals surface area contributed by atoms with E-state index in [1.807, 2.05) is 12.1 Å². The van der Waals surface area contributed by atoms with Gasteiger partial charge in [-0.2, -0.15) is 0 Å². The van der Waals surface area contributed by atoms with E-state index in [9.17, 15) is 9.90 Å². The van der Waals surface area contributed by atoms with E-state index >= 15 is 0 Å². The van der Waals surface area contributed by atoms with Crippen molar-refractivity contribution >= 4 is 5.97 Å². The van der Waals surface area contributed by atoms with Crippen molar-refractivity contribution in [3.8, 4) is 5.75 Å². The average molecular weight is 469 g/mol. The fourth-order valence-electron chi connectivity index (χ4n) is 8.25. The van der Waals surface area contributed by atoms with Crippen molar-refractivity contribution in [3.05, 3.63) is 29.3 Å². The van der Waals surface area contributed by atoms with Gasteiger partial charge in [0.15, 0.2) is 0 Å². The van der Waals surface area contributed by atoms with Crippen LogP contribution in [-0.2, 0) is 16.0 Å². The number of aromatic hydroxyl groups is 1. The van der Waals surface area contributed by atoms with Gasteiger partial charge in [0.2, 0.25) is 0 Å². The first-order valence-corrected chi connectivity index (χ1v) is 14.4. The van der Waals surface area contributed by atoms with Crippen LogP contribution in [0.2, 0.25) is 0 Å². The van der Waals surface area contributed by atoms with Crippen LogP contribution < -0.4 is 0 Å². The number of phenols is 1. The van der Waals surface area contributed by atoms with E-state index in [0.717, 1.165) is 32.1 Å². The maximum atomic E-state index is 12.8. The molecule has 0 heterocycles. The second kappa shape index (κ2) is 11.0. The summed E-state index contributed by atoms with van der Waals surface area (Å²) in [6, 6.07) is 6.05. The zero-order valence-electron chi connectivity index (χ0n) is 22.2. The van der Waals surface area contributed by atoms with Gasteiger partial charge in [-0.1, -0.05) is 78.7 Å². The van der Waals surface area contributed by atoms with E-state index in [0.29, 0.717) is 41.8 Å². The summed E-state index contributed by atoms with van der Waals surface area (Å²) < 4.78 is 6.22. The maximum absolute atomic E-state index is 12.8. The molecule has 7 unspecified atom stereocenters. The SMILES string of the molecule is CCCCCCCCCCC(=O)OC1CCC2C3C(C)Cc4cc(O)ccc4C3C(C)CC12C. The molecule has 0 aromatic heterocycles. The fraction of sp³-hybridized carbons (Fsp3) is 0.774. The molecule has 1 N–H and O–H groups in total. The number of esters is 1. The lowest BCUT2D eigenvalue weighted by Crippen LogP contribution is -2.50. The molecule has 2 fully saturated rings. The molecule has 0 amide bonds. The number of phenolic OH excluding ortho intramolecular Hbond substituents is 1. The molecule has 3 aliphatic carbocycles. The highest BCUT2D eigenvalue weighted by Gasteiger charge is 2.59. The Morgan fingerprint density at radius 1 is 1.03 bits per heavy atom. The molecular formula is C31H48O3. The molecule has 3 nitrogen and oxygen atoms in total. The average Bonchev–Trinajstić information content (AvgIpc) is 3.10. The predicted molar refractivity (Wildman–Crippen MR) is 139 cm³/mol. The number of unbranched alkanes of at least 4 members (excludes halogenated alkanes) is 7. The zero-order chi connectivity index (χ0) is 24.3. The van der Waals surface area contributed by atoms with Crippen molar-refractivity contribution in [1.29, 1.82) is 0 Å². The summed E-state index contributed by atoms with van der Waals surface area (Å²) in [6.45, 7) is 9.49. The Morgan fingerprint density at radius 2 is 1.74 bits per heavy atom. The van der Waals surface area contributed by atoms with E-state index in [4.69, 9.17) is 4.74 Å². The highest BCUT2D eigenvalue weighted by Crippen LogP contribution is 2.64. The Hall–Kier alpha value is -1.51. The number of rotatable bonds is 10. The third-order valence-corrected chi connectivity index (χ3v) is 9.77. The molecule has 4 rings (SSSR count). The number of carbonyl (C=O) groups excluding carboxylic acids is 1. The highest BCUT2D eigenvalue weighted by molar-refractivity contribution is 5.69. The van der Waals surface area contributed by atoms with Gasteiger partial charge >= 0.3 is 5.97 Å². The summed E-state index contributed by atoms with van der Waals surface area (Å²) in [6.07, 6.45) is 15.1. The summed E-state index contributed by atoms with van der Waals surface area (Å²) >= 11 is 0. The number of hydrogen-bond acceptors (Lipinski definition) is 3. The molecule has 0 spiro atoms. The smallest absolute Gasteiger partial charge is 0.306 e. The van der Waals surface area contributed by atoms with Crippen LogP contribution in [0.25, 0.3) is 0 Å². The van der Waals surface area contributed by atoms with E-state index in [-0.39, 0.29) is 17.5 Å². The Labute approximate surface area is 208 Å². The number of benzene rings is 1. The van der Waals surface area contributed by atoms with Gasteiger partial charge < -0.3 is 9.84 Å². The van der Waals surface area contributed by atoms with Crippen molar-refractivity contribution < 1.29 is 14.6 Å². The molecule has 0 bridgehead atoms. The van der Waals surface area contributed by atoms with Crippen LogP contribution in [0.4, 0.5) is 0 Å². The fourth-order valence-corrected chi connectivity index (χ4v) is 8.25. The lowest BCUT2D eigenvalue weighted by Gasteiger charge is -2.55. The van der Waals surface area contributed by atoms with Crippen LogP contribution in [0.15, 0.2) is 18.2 Å². The van der Waals surface area contributed by atoms with Crippen molar-refractivity contribution in [1.82, 2.24) is 0 Å². The summed E-state index contributed by atoms with van der Waals surface area (Å²) in [7, 11) is 0. The predicted octanol–water partition coefficient (Wildman–Crippen LogP) is 8.18. The van der Waals surface area contributed by atoms with Crippen molar-refractivity contribution in [3.63, 3.8) is 0 Å². The topological polar surface area (TPSA) is 46.5 Å². The van der Waals surface area contributed by atoms with Crippen molar-refractivity contribution in [2.45, 2.75) is 123 Å². The van der Waals surface area contributed by atoms with E-state index < -0.39 is 0 Å². The van der Waals surface area contributed by atoms with E-state index in [2.05, 4.69) is 33.8 Å². The second-order valence-electron chi connectivity index (χ2n) is 12.2. The maximum Gasteiger partial charge on any atom is 0.306 e. The minimum atomic E-state index is 0.0325. The molecule has 1 aromatic rings. The van der Waals surface area contributed by atoms with Gasteiger partial charge in [0.1, 0.15) is 11.9 Å². The lowest BCUT2D eigenvalue weighted by atomic mass is 9.50. The number of ether oxygens (including phenoxy) is 1. The quantitative estimate of drug-likeness (QED) is 0.278.